The molecule has 0 heterocycles. The lowest BCUT2D eigenvalue weighted by molar-refractivity contribution is 0.416. The van der Waals surface area contributed by atoms with E-state index in [4.69, 9.17) is 11.6 Å². The average molecular weight is 298 g/mol. The fraction of sp³-hybridized carbons (Fsp3) is 0.625. The smallest absolute Gasteiger partial charge is 0.0471 e. The zero-order valence-electron chi connectivity index (χ0n) is 13.6. The van der Waals surface area contributed by atoms with Gasteiger partial charge in [0.15, 0.2) is 0 Å². The summed E-state index contributed by atoms with van der Waals surface area (Å²) in [5, 5.41) is 4.29. The molecule has 0 aromatic heterocycles. The number of hydrogen-bond acceptors (Lipinski definition) is 3. The number of benzene rings is 1. The van der Waals surface area contributed by atoms with Gasteiger partial charge in [0.2, 0.25) is 0 Å². The first kappa shape index (κ1) is 17.3. The van der Waals surface area contributed by atoms with Crippen molar-refractivity contribution in [3.8, 4) is 0 Å². The van der Waals surface area contributed by atoms with Crippen molar-refractivity contribution >= 4 is 17.3 Å². The molecule has 4 heteroatoms. The van der Waals surface area contributed by atoms with Crippen molar-refractivity contribution in [1.82, 2.24) is 10.2 Å². The Hall–Kier alpha value is -0.770. The summed E-state index contributed by atoms with van der Waals surface area (Å²) in [4.78, 5) is 4.41. The molecule has 3 nitrogen and oxygen atoms in total. The van der Waals surface area contributed by atoms with Crippen LogP contribution in [-0.4, -0.2) is 44.7 Å². The molecule has 0 aliphatic carbocycles. The van der Waals surface area contributed by atoms with E-state index in [1.807, 2.05) is 0 Å². The predicted octanol–water partition coefficient (Wildman–Crippen LogP) is 3.23. The van der Waals surface area contributed by atoms with Gasteiger partial charge in [0.25, 0.3) is 0 Å². The molecule has 0 saturated heterocycles. The van der Waals surface area contributed by atoms with Gasteiger partial charge in [-0.15, -0.1) is 0 Å². The van der Waals surface area contributed by atoms with Crippen LogP contribution in [0.25, 0.3) is 0 Å². The number of anilines is 1. The summed E-state index contributed by atoms with van der Waals surface area (Å²) in [6.07, 6.45) is 0. The third-order valence-corrected chi connectivity index (χ3v) is 3.52. The van der Waals surface area contributed by atoms with Gasteiger partial charge >= 0.3 is 0 Å². The number of nitrogens with zero attached hydrogens (tertiary/aromatic N) is 2. The SMILES string of the molecule is CN(C)CCN(C)c1ccc(CNC(C)(C)C)c(Cl)c1. The lowest BCUT2D eigenvalue weighted by atomic mass is 10.1. The number of rotatable bonds is 6. The molecule has 114 valence electrons. The minimum absolute atomic E-state index is 0.102. The Kier molecular flexibility index (Phi) is 6.31. The highest BCUT2D eigenvalue weighted by Gasteiger charge is 2.11. The van der Waals surface area contributed by atoms with Gasteiger partial charge in [-0.05, 0) is 52.6 Å². The number of nitrogens with one attached hydrogen (secondary N) is 1. The largest absolute Gasteiger partial charge is 0.373 e. The second-order valence-corrected chi connectivity index (χ2v) is 7.01. The third kappa shape index (κ3) is 6.12. The van der Waals surface area contributed by atoms with Crippen LogP contribution < -0.4 is 10.2 Å². The van der Waals surface area contributed by atoms with Crippen molar-refractivity contribution in [1.29, 1.82) is 0 Å². The monoisotopic (exact) mass is 297 g/mol. The van der Waals surface area contributed by atoms with Crippen LogP contribution in [0, 0.1) is 0 Å². The molecule has 1 aromatic carbocycles. The molecular weight excluding hydrogens is 270 g/mol. The minimum Gasteiger partial charge on any atom is -0.373 e. The molecule has 0 fully saturated rings. The second-order valence-electron chi connectivity index (χ2n) is 6.60. The molecule has 0 amide bonds. The van der Waals surface area contributed by atoms with E-state index in [1.54, 1.807) is 0 Å². The molecule has 0 saturated carbocycles. The molecule has 1 aromatic rings. The summed E-state index contributed by atoms with van der Waals surface area (Å²) in [5.41, 5.74) is 2.41. The third-order valence-electron chi connectivity index (χ3n) is 3.17. The van der Waals surface area contributed by atoms with E-state index in [9.17, 15) is 0 Å². The zero-order chi connectivity index (χ0) is 15.3. The topological polar surface area (TPSA) is 18.5 Å². The van der Waals surface area contributed by atoms with Crippen molar-refractivity contribution in [2.24, 2.45) is 0 Å². The van der Waals surface area contributed by atoms with Gasteiger partial charge in [-0.3, -0.25) is 0 Å². The summed E-state index contributed by atoms with van der Waals surface area (Å²) in [7, 11) is 6.27. The average Bonchev–Trinajstić information content (AvgIpc) is 2.33. The molecule has 1 rings (SSSR count). The Bertz CT molecular complexity index is 424. The summed E-state index contributed by atoms with van der Waals surface area (Å²) in [6.45, 7) is 9.29. The maximum absolute atomic E-state index is 6.39. The highest BCUT2D eigenvalue weighted by molar-refractivity contribution is 6.31. The van der Waals surface area contributed by atoms with Crippen LogP contribution in [0.2, 0.25) is 5.02 Å². The maximum Gasteiger partial charge on any atom is 0.0471 e. The molecule has 20 heavy (non-hydrogen) atoms. The van der Waals surface area contributed by atoms with Gasteiger partial charge in [-0.25, -0.2) is 0 Å². The molecule has 1 N–H and O–H groups in total. The molecule has 0 atom stereocenters. The van der Waals surface area contributed by atoms with Crippen LogP contribution >= 0.6 is 11.6 Å². The fourth-order valence-electron chi connectivity index (χ4n) is 1.76. The highest BCUT2D eigenvalue weighted by atomic mass is 35.5. The van der Waals surface area contributed by atoms with E-state index < -0.39 is 0 Å². The molecule has 0 bridgehead atoms. The Morgan fingerprint density at radius 2 is 1.75 bits per heavy atom. The Morgan fingerprint density at radius 3 is 2.25 bits per heavy atom. The Balaban J connectivity index is 2.67. The van der Waals surface area contributed by atoms with Crippen molar-refractivity contribution in [2.75, 3.05) is 39.1 Å². The van der Waals surface area contributed by atoms with Gasteiger partial charge in [0.1, 0.15) is 0 Å². The predicted molar refractivity (Wildman–Crippen MR) is 89.9 cm³/mol. The van der Waals surface area contributed by atoms with Gasteiger partial charge in [-0.2, -0.15) is 0 Å². The molecule has 0 aliphatic rings. The first-order chi connectivity index (χ1) is 9.19. The van der Waals surface area contributed by atoms with Crippen LogP contribution in [0.1, 0.15) is 26.3 Å². The minimum atomic E-state index is 0.102. The number of hydrogen-bond donors (Lipinski definition) is 1. The van der Waals surface area contributed by atoms with Crippen LogP contribution in [0.3, 0.4) is 0 Å². The molecule has 0 unspecified atom stereocenters. The first-order valence-electron chi connectivity index (χ1n) is 7.08. The first-order valence-corrected chi connectivity index (χ1v) is 7.46. The zero-order valence-corrected chi connectivity index (χ0v) is 14.4. The van der Waals surface area contributed by atoms with Crippen molar-refractivity contribution in [3.63, 3.8) is 0 Å². The van der Waals surface area contributed by atoms with Crippen LogP contribution in [-0.2, 0) is 6.54 Å². The van der Waals surface area contributed by atoms with Crippen LogP contribution in [0.15, 0.2) is 18.2 Å². The molecule has 0 aliphatic heterocycles. The molecule has 0 spiro atoms. The van der Waals surface area contributed by atoms with E-state index in [-0.39, 0.29) is 5.54 Å². The van der Waals surface area contributed by atoms with E-state index in [0.29, 0.717) is 0 Å². The van der Waals surface area contributed by atoms with E-state index in [0.717, 1.165) is 35.9 Å². The van der Waals surface area contributed by atoms with Crippen molar-refractivity contribution < 1.29 is 0 Å². The van der Waals surface area contributed by atoms with Crippen LogP contribution in [0.4, 0.5) is 5.69 Å². The fourth-order valence-corrected chi connectivity index (χ4v) is 2.00. The van der Waals surface area contributed by atoms with Crippen molar-refractivity contribution in [3.05, 3.63) is 28.8 Å². The quantitative estimate of drug-likeness (QED) is 0.870. The summed E-state index contributed by atoms with van der Waals surface area (Å²) in [5.74, 6) is 0. The van der Waals surface area contributed by atoms with Crippen LogP contribution in [0.5, 0.6) is 0 Å². The van der Waals surface area contributed by atoms with E-state index in [1.165, 1.54) is 0 Å². The van der Waals surface area contributed by atoms with E-state index >= 15 is 0 Å². The van der Waals surface area contributed by atoms with Gasteiger partial charge in [0, 0.05) is 42.9 Å². The van der Waals surface area contributed by atoms with Gasteiger partial charge in [-0.1, -0.05) is 17.7 Å². The standard InChI is InChI=1S/C16H28ClN3/c1-16(2,3)18-12-13-7-8-14(11-15(13)17)20(6)10-9-19(4)5/h7-8,11,18H,9-10,12H2,1-6H3. The molecular formula is C16H28ClN3. The Morgan fingerprint density at radius 1 is 1.10 bits per heavy atom. The normalized spacial score (nSPS) is 12.0. The summed E-state index contributed by atoms with van der Waals surface area (Å²) >= 11 is 6.39. The van der Waals surface area contributed by atoms with Gasteiger partial charge < -0.3 is 15.1 Å². The number of halogens is 1. The summed E-state index contributed by atoms with van der Waals surface area (Å²) in [6, 6.07) is 6.31. The maximum atomic E-state index is 6.39. The molecule has 0 radical (unpaired) electrons. The van der Waals surface area contributed by atoms with E-state index in [2.05, 4.69) is 75.2 Å². The lowest BCUT2D eigenvalue weighted by Gasteiger charge is -2.23. The second kappa shape index (κ2) is 7.30. The lowest BCUT2D eigenvalue weighted by Crippen LogP contribution is -2.35. The Labute approximate surface area is 128 Å². The van der Waals surface area contributed by atoms with Gasteiger partial charge in [0.05, 0.1) is 0 Å². The highest BCUT2D eigenvalue weighted by Crippen LogP contribution is 2.23. The summed E-state index contributed by atoms with van der Waals surface area (Å²) < 4.78 is 0. The number of likely N-dealkylation sites (N-methyl/N-ethyl adjacent to an activating group) is 2. The van der Waals surface area contributed by atoms with Crippen molar-refractivity contribution in [2.45, 2.75) is 32.9 Å².